The van der Waals surface area contributed by atoms with Crippen LogP contribution in [0.1, 0.15) is 32.6 Å². The van der Waals surface area contributed by atoms with Crippen molar-refractivity contribution in [3.8, 4) is 0 Å². The fourth-order valence-corrected chi connectivity index (χ4v) is 2.14. The predicted octanol–water partition coefficient (Wildman–Crippen LogP) is 1.86. The standard InChI is InChI=1S/C8H16OS/c1-2-6-5-7(9)3-4-8(6)10/h6-10H,2-5H2,1H3. The Hall–Kier alpha value is 0.310. The predicted molar refractivity (Wildman–Crippen MR) is 46.4 cm³/mol. The summed E-state index contributed by atoms with van der Waals surface area (Å²) in [7, 11) is 0. The van der Waals surface area contributed by atoms with Gasteiger partial charge in [-0.25, -0.2) is 0 Å². The van der Waals surface area contributed by atoms with Crippen molar-refractivity contribution in [2.24, 2.45) is 5.92 Å². The summed E-state index contributed by atoms with van der Waals surface area (Å²) in [5.41, 5.74) is 0. The minimum absolute atomic E-state index is 0.0478. The van der Waals surface area contributed by atoms with E-state index in [1.165, 1.54) is 0 Å². The smallest absolute Gasteiger partial charge is 0.0543 e. The lowest BCUT2D eigenvalue weighted by atomic mass is 9.85. The molecule has 0 aromatic carbocycles. The molecule has 0 aromatic heterocycles. The molecule has 1 nitrogen and oxygen atoms in total. The van der Waals surface area contributed by atoms with Crippen LogP contribution in [0.25, 0.3) is 0 Å². The van der Waals surface area contributed by atoms with Crippen LogP contribution >= 0.6 is 12.6 Å². The van der Waals surface area contributed by atoms with Crippen molar-refractivity contribution in [3.05, 3.63) is 0 Å². The van der Waals surface area contributed by atoms with Gasteiger partial charge in [0, 0.05) is 5.25 Å². The molecular weight excluding hydrogens is 144 g/mol. The van der Waals surface area contributed by atoms with Crippen molar-refractivity contribution in [2.45, 2.75) is 44.0 Å². The SMILES string of the molecule is CCC1CC(O)CCC1S. The topological polar surface area (TPSA) is 20.2 Å². The van der Waals surface area contributed by atoms with Gasteiger partial charge in [0.15, 0.2) is 0 Å². The third-order valence-corrected chi connectivity index (χ3v) is 3.12. The summed E-state index contributed by atoms with van der Waals surface area (Å²) >= 11 is 4.47. The first-order valence-electron chi connectivity index (χ1n) is 4.10. The number of aliphatic hydroxyl groups is 1. The molecule has 0 aliphatic heterocycles. The largest absolute Gasteiger partial charge is 0.393 e. The number of thiol groups is 1. The van der Waals surface area contributed by atoms with Gasteiger partial charge in [0.2, 0.25) is 0 Å². The second-order valence-electron chi connectivity index (χ2n) is 3.20. The minimum Gasteiger partial charge on any atom is -0.393 e. The van der Waals surface area contributed by atoms with E-state index in [1.54, 1.807) is 0 Å². The maximum atomic E-state index is 9.29. The molecule has 60 valence electrons. The first-order valence-corrected chi connectivity index (χ1v) is 4.61. The Morgan fingerprint density at radius 1 is 1.50 bits per heavy atom. The van der Waals surface area contributed by atoms with Crippen LogP contribution < -0.4 is 0 Å². The van der Waals surface area contributed by atoms with Crippen molar-refractivity contribution in [1.82, 2.24) is 0 Å². The van der Waals surface area contributed by atoms with Gasteiger partial charge in [-0.2, -0.15) is 12.6 Å². The summed E-state index contributed by atoms with van der Waals surface area (Å²) in [4.78, 5) is 0. The van der Waals surface area contributed by atoms with Gasteiger partial charge in [-0.15, -0.1) is 0 Å². The highest BCUT2D eigenvalue weighted by atomic mass is 32.1. The second-order valence-corrected chi connectivity index (χ2v) is 3.87. The molecule has 2 heteroatoms. The van der Waals surface area contributed by atoms with Gasteiger partial charge in [0.05, 0.1) is 6.10 Å². The van der Waals surface area contributed by atoms with Crippen LogP contribution in [0.2, 0.25) is 0 Å². The maximum Gasteiger partial charge on any atom is 0.0543 e. The van der Waals surface area contributed by atoms with Crippen LogP contribution in [0.3, 0.4) is 0 Å². The Morgan fingerprint density at radius 2 is 2.20 bits per heavy atom. The van der Waals surface area contributed by atoms with E-state index in [4.69, 9.17) is 0 Å². The lowest BCUT2D eigenvalue weighted by Crippen LogP contribution is -2.27. The lowest BCUT2D eigenvalue weighted by Gasteiger charge is -2.30. The average Bonchev–Trinajstić information content (AvgIpc) is 1.94. The molecule has 1 N–H and O–H groups in total. The molecule has 3 unspecified atom stereocenters. The van der Waals surface area contributed by atoms with E-state index >= 15 is 0 Å². The summed E-state index contributed by atoms with van der Waals surface area (Å²) in [6.45, 7) is 2.17. The van der Waals surface area contributed by atoms with Crippen molar-refractivity contribution >= 4 is 12.6 Å². The van der Waals surface area contributed by atoms with E-state index < -0.39 is 0 Å². The highest BCUT2D eigenvalue weighted by Gasteiger charge is 2.25. The highest BCUT2D eigenvalue weighted by molar-refractivity contribution is 7.81. The molecule has 1 fully saturated rings. The fraction of sp³-hybridized carbons (Fsp3) is 1.00. The van der Waals surface area contributed by atoms with Crippen molar-refractivity contribution in [2.75, 3.05) is 0 Å². The Balaban J connectivity index is 2.38. The molecule has 1 saturated carbocycles. The molecule has 1 rings (SSSR count). The molecule has 3 atom stereocenters. The zero-order valence-electron chi connectivity index (χ0n) is 6.45. The van der Waals surface area contributed by atoms with Crippen LogP contribution in [0.15, 0.2) is 0 Å². The van der Waals surface area contributed by atoms with Crippen LogP contribution in [-0.2, 0) is 0 Å². The monoisotopic (exact) mass is 160 g/mol. The molecule has 10 heavy (non-hydrogen) atoms. The zero-order valence-corrected chi connectivity index (χ0v) is 7.35. The van der Waals surface area contributed by atoms with E-state index in [1.807, 2.05) is 0 Å². The maximum absolute atomic E-state index is 9.29. The quantitative estimate of drug-likeness (QED) is 0.561. The molecule has 0 radical (unpaired) electrons. The normalized spacial score (nSPS) is 41.7. The van der Waals surface area contributed by atoms with Crippen molar-refractivity contribution in [1.29, 1.82) is 0 Å². The van der Waals surface area contributed by atoms with Gasteiger partial charge in [-0.05, 0) is 25.2 Å². The molecule has 0 heterocycles. The molecule has 0 aromatic rings. The van der Waals surface area contributed by atoms with E-state index in [-0.39, 0.29) is 6.10 Å². The van der Waals surface area contributed by atoms with Gasteiger partial charge in [0.25, 0.3) is 0 Å². The third kappa shape index (κ3) is 1.89. The van der Waals surface area contributed by atoms with Gasteiger partial charge in [-0.1, -0.05) is 13.3 Å². The van der Waals surface area contributed by atoms with Crippen LogP contribution in [0.4, 0.5) is 0 Å². The Kier molecular flexibility index (Phi) is 3.05. The van der Waals surface area contributed by atoms with Crippen molar-refractivity contribution in [3.63, 3.8) is 0 Å². The average molecular weight is 160 g/mol. The van der Waals surface area contributed by atoms with Gasteiger partial charge >= 0.3 is 0 Å². The lowest BCUT2D eigenvalue weighted by molar-refractivity contribution is 0.103. The molecule has 0 spiro atoms. The van der Waals surface area contributed by atoms with Gasteiger partial charge in [0.1, 0.15) is 0 Å². The number of aliphatic hydroxyl groups excluding tert-OH is 1. The number of rotatable bonds is 1. The molecular formula is C8H16OS. The summed E-state index contributed by atoms with van der Waals surface area (Å²) in [6.07, 6.45) is 4.11. The van der Waals surface area contributed by atoms with E-state index in [9.17, 15) is 5.11 Å². The molecule has 1 aliphatic carbocycles. The summed E-state index contributed by atoms with van der Waals surface area (Å²) in [6, 6.07) is 0. The molecule has 0 saturated heterocycles. The minimum atomic E-state index is -0.0478. The first-order chi connectivity index (χ1) is 4.74. The Morgan fingerprint density at radius 3 is 2.70 bits per heavy atom. The van der Waals surface area contributed by atoms with Gasteiger partial charge in [-0.3, -0.25) is 0 Å². The number of hydrogen-bond acceptors (Lipinski definition) is 2. The third-order valence-electron chi connectivity index (χ3n) is 2.44. The first kappa shape index (κ1) is 8.41. The highest BCUT2D eigenvalue weighted by Crippen LogP contribution is 2.30. The van der Waals surface area contributed by atoms with Gasteiger partial charge < -0.3 is 5.11 Å². The summed E-state index contributed by atoms with van der Waals surface area (Å²) < 4.78 is 0. The van der Waals surface area contributed by atoms with E-state index in [0.29, 0.717) is 11.2 Å². The Bertz CT molecular complexity index is 105. The van der Waals surface area contributed by atoms with Crippen LogP contribution in [0, 0.1) is 5.92 Å². The van der Waals surface area contributed by atoms with Crippen LogP contribution in [-0.4, -0.2) is 16.5 Å². The number of hydrogen-bond donors (Lipinski definition) is 2. The Labute approximate surface area is 68.2 Å². The molecule has 0 amide bonds. The van der Waals surface area contributed by atoms with E-state index in [0.717, 1.165) is 25.7 Å². The zero-order chi connectivity index (χ0) is 7.56. The molecule has 1 aliphatic rings. The fourth-order valence-electron chi connectivity index (χ4n) is 1.66. The second kappa shape index (κ2) is 3.63. The van der Waals surface area contributed by atoms with Crippen LogP contribution in [0.5, 0.6) is 0 Å². The summed E-state index contributed by atoms with van der Waals surface area (Å²) in [5, 5.41) is 9.83. The van der Waals surface area contributed by atoms with E-state index in [2.05, 4.69) is 19.6 Å². The van der Waals surface area contributed by atoms with Crippen molar-refractivity contribution < 1.29 is 5.11 Å². The molecule has 0 bridgehead atoms. The summed E-state index contributed by atoms with van der Waals surface area (Å²) in [5.74, 6) is 0.645.